The van der Waals surface area contributed by atoms with Gasteiger partial charge in [0.25, 0.3) is 5.91 Å². The average molecular weight is 449 g/mol. The molecule has 3 aliphatic rings. The molecule has 1 aliphatic carbocycles. The van der Waals surface area contributed by atoms with Gasteiger partial charge in [-0.05, 0) is 51.2 Å². The number of carbonyl (C=O) groups excluding carboxylic acids is 1. The smallest absolute Gasteiger partial charge is 0.399 e. The van der Waals surface area contributed by atoms with Crippen LogP contribution in [0.4, 0.5) is 14.5 Å². The summed E-state index contributed by atoms with van der Waals surface area (Å²) in [5, 5.41) is 2.72. The number of hydrogen-bond acceptors (Lipinski definition) is 5. The van der Waals surface area contributed by atoms with Gasteiger partial charge in [0, 0.05) is 58.3 Å². The molecule has 4 rings (SSSR count). The number of amides is 1. The van der Waals surface area contributed by atoms with Crippen LogP contribution in [0.3, 0.4) is 0 Å². The molecule has 3 fully saturated rings. The summed E-state index contributed by atoms with van der Waals surface area (Å²) in [5.74, 6) is -2.52. The Morgan fingerprint density at radius 3 is 2.22 bits per heavy atom. The minimum atomic E-state index is -2.47. The standard InChI is InChI=1S/C23H34BF2N3O3/c1-21(2)22(3,4)32-24(31-21)17-6-7-18(20(30)27-5)19(12-17)29-10-8-28(9-11-29)15-16-13-23(25,26)14-16/h6-7,12,16H,8-11,13-15H2,1-5H3,(H,27,30). The van der Waals surface area contributed by atoms with E-state index in [4.69, 9.17) is 9.31 Å². The second-order valence-electron chi connectivity index (χ2n) is 10.4. The largest absolute Gasteiger partial charge is 0.494 e. The van der Waals surface area contributed by atoms with Crippen molar-refractivity contribution in [3.05, 3.63) is 23.8 Å². The lowest BCUT2D eigenvalue weighted by atomic mass is 9.78. The molecule has 32 heavy (non-hydrogen) atoms. The molecule has 1 amide bonds. The van der Waals surface area contributed by atoms with Gasteiger partial charge in [0.1, 0.15) is 0 Å². The summed E-state index contributed by atoms with van der Waals surface area (Å²) < 4.78 is 38.7. The molecule has 1 N–H and O–H groups in total. The number of rotatable bonds is 5. The van der Waals surface area contributed by atoms with Gasteiger partial charge < -0.3 is 19.5 Å². The molecule has 6 nitrogen and oxygen atoms in total. The molecule has 0 spiro atoms. The van der Waals surface area contributed by atoms with Crippen molar-refractivity contribution >= 4 is 24.2 Å². The number of alkyl halides is 2. The molecular formula is C23H34BF2N3O3. The summed E-state index contributed by atoms with van der Waals surface area (Å²) in [5.41, 5.74) is 1.46. The van der Waals surface area contributed by atoms with E-state index in [0.717, 1.165) is 43.9 Å². The van der Waals surface area contributed by atoms with Gasteiger partial charge in [-0.1, -0.05) is 6.07 Å². The van der Waals surface area contributed by atoms with Gasteiger partial charge in [0.2, 0.25) is 5.92 Å². The van der Waals surface area contributed by atoms with Crippen molar-refractivity contribution in [2.75, 3.05) is 44.7 Å². The third kappa shape index (κ3) is 4.52. The molecule has 176 valence electrons. The first-order chi connectivity index (χ1) is 14.9. The SMILES string of the molecule is CNC(=O)c1ccc(B2OC(C)(C)C(C)(C)O2)cc1N1CCN(CC2CC(F)(F)C2)CC1. The first-order valence-electron chi connectivity index (χ1n) is 11.5. The van der Waals surface area contributed by atoms with Crippen LogP contribution in [-0.2, 0) is 9.31 Å². The van der Waals surface area contributed by atoms with Crippen molar-refractivity contribution in [1.29, 1.82) is 0 Å². The van der Waals surface area contributed by atoms with Crippen LogP contribution >= 0.6 is 0 Å². The van der Waals surface area contributed by atoms with Crippen molar-refractivity contribution in [2.24, 2.45) is 5.92 Å². The molecule has 0 unspecified atom stereocenters. The van der Waals surface area contributed by atoms with Crippen LogP contribution in [0.15, 0.2) is 18.2 Å². The van der Waals surface area contributed by atoms with E-state index in [9.17, 15) is 13.6 Å². The lowest BCUT2D eigenvalue weighted by Crippen LogP contribution is -2.51. The Morgan fingerprint density at radius 2 is 1.69 bits per heavy atom. The summed E-state index contributed by atoms with van der Waals surface area (Å²) in [6.07, 6.45) is 0.00826. The highest BCUT2D eigenvalue weighted by atomic mass is 19.3. The predicted octanol–water partition coefficient (Wildman–Crippen LogP) is 2.51. The van der Waals surface area contributed by atoms with E-state index in [-0.39, 0.29) is 24.7 Å². The normalized spacial score (nSPS) is 25.0. The molecule has 0 aromatic heterocycles. The lowest BCUT2D eigenvalue weighted by molar-refractivity contribution is -0.116. The summed E-state index contributed by atoms with van der Waals surface area (Å²) in [4.78, 5) is 17.0. The van der Waals surface area contributed by atoms with Crippen molar-refractivity contribution in [1.82, 2.24) is 10.2 Å². The van der Waals surface area contributed by atoms with Crippen molar-refractivity contribution in [3.8, 4) is 0 Å². The lowest BCUT2D eigenvalue weighted by Gasteiger charge is -2.42. The topological polar surface area (TPSA) is 54.0 Å². The summed E-state index contributed by atoms with van der Waals surface area (Å²) in [7, 11) is 1.12. The molecule has 1 aromatic carbocycles. The Morgan fingerprint density at radius 1 is 1.09 bits per heavy atom. The fourth-order valence-corrected chi connectivity index (χ4v) is 4.71. The average Bonchev–Trinajstić information content (AvgIpc) is 2.93. The van der Waals surface area contributed by atoms with Crippen molar-refractivity contribution in [3.63, 3.8) is 0 Å². The first-order valence-corrected chi connectivity index (χ1v) is 11.5. The Labute approximate surface area is 189 Å². The highest BCUT2D eigenvalue weighted by Gasteiger charge is 2.52. The minimum Gasteiger partial charge on any atom is -0.399 e. The van der Waals surface area contributed by atoms with Crippen molar-refractivity contribution < 1.29 is 22.9 Å². The van der Waals surface area contributed by atoms with Crippen LogP contribution in [0.5, 0.6) is 0 Å². The monoisotopic (exact) mass is 449 g/mol. The highest BCUT2D eigenvalue weighted by Crippen LogP contribution is 2.42. The number of hydrogen-bond donors (Lipinski definition) is 1. The third-order valence-corrected chi connectivity index (χ3v) is 7.42. The van der Waals surface area contributed by atoms with Gasteiger partial charge >= 0.3 is 7.12 Å². The van der Waals surface area contributed by atoms with Crippen LogP contribution < -0.4 is 15.7 Å². The molecule has 0 atom stereocenters. The van der Waals surface area contributed by atoms with E-state index in [0.29, 0.717) is 5.56 Å². The molecule has 2 aliphatic heterocycles. The van der Waals surface area contributed by atoms with E-state index < -0.39 is 24.2 Å². The number of halogens is 2. The highest BCUT2D eigenvalue weighted by molar-refractivity contribution is 6.62. The Bertz CT molecular complexity index is 848. The number of nitrogens with zero attached hydrogens (tertiary/aromatic N) is 2. The van der Waals surface area contributed by atoms with E-state index in [2.05, 4.69) is 15.1 Å². The van der Waals surface area contributed by atoms with Crippen molar-refractivity contribution in [2.45, 2.75) is 57.7 Å². The zero-order valence-electron chi connectivity index (χ0n) is 19.7. The van der Waals surface area contributed by atoms with Gasteiger partial charge in [-0.25, -0.2) is 8.78 Å². The molecule has 0 bridgehead atoms. The molecule has 0 radical (unpaired) electrons. The Balaban J connectivity index is 1.48. The zero-order valence-corrected chi connectivity index (χ0v) is 19.7. The van der Waals surface area contributed by atoms with Gasteiger partial charge in [-0.3, -0.25) is 9.69 Å². The molecular weight excluding hydrogens is 415 g/mol. The number of benzene rings is 1. The quantitative estimate of drug-likeness (QED) is 0.701. The van der Waals surface area contributed by atoms with E-state index in [1.165, 1.54) is 0 Å². The fourth-order valence-electron chi connectivity index (χ4n) is 4.71. The zero-order chi connectivity index (χ0) is 23.3. The Kier molecular flexibility index (Phi) is 6.05. The van der Waals surface area contributed by atoms with Gasteiger partial charge in [0.05, 0.1) is 16.8 Å². The first kappa shape index (κ1) is 23.5. The summed E-state index contributed by atoms with van der Waals surface area (Å²) in [6, 6.07) is 5.72. The number of carbonyl (C=O) groups is 1. The molecule has 2 heterocycles. The molecule has 2 saturated heterocycles. The van der Waals surface area contributed by atoms with Gasteiger partial charge in [0.15, 0.2) is 0 Å². The Hall–Kier alpha value is -1.71. The van der Waals surface area contributed by atoms with E-state index in [1.54, 1.807) is 7.05 Å². The van der Waals surface area contributed by atoms with E-state index >= 15 is 0 Å². The summed E-state index contributed by atoms with van der Waals surface area (Å²) >= 11 is 0. The molecule has 9 heteroatoms. The van der Waals surface area contributed by atoms with Crippen LogP contribution in [0.2, 0.25) is 0 Å². The second-order valence-corrected chi connectivity index (χ2v) is 10.4. The van der Waals surface area contributed by atoms with Gasteiger partial charge in [-0.15, -0.1) is 0 Å². The maximum atomic E-state index is 13.2. The third-order valence-electron chi connectivity index (χ3n) is 7.42. The maximum absolute atomic E-state index is 13.2. The predicted molar refractivity (Wildman–Crippen MR) is 122 cm³/mol. The van der Waals surface area contributed by atoms with E-state index in [1.807, 2.05) is 45.9 Å². The molecule has 1 saturated carbocycles. The number of anilines is 1. The second kappa shape index (κ2) is 8.26. The number of nitrogens with one attached hydrogen (secondary N) is 1. The minimum absolute atomic E-state index is 0.00413. The number of piperazine rings is 1. The fraction of sp³-hybridized carbons (Fsp3) is 0.696. The van der Waals surface area contributed by atoms with Crippen LogP contribution in [-0.4, -0.2) is 74.8 Å². The van der Waals surface area contributed by atoms with Crippen LogP contribution in [0.1, 0.15) is 50.9 Å². The van der Waals surface area contributed by atoms with Crippen LogP contribution in [0.25, 0.3) is 0 Å². The van der Waals surface area contributed by atoms with Crippen LogP contribution in [0, 0.1) is 5.92 Å². The van der Waals surface area contributed by atoms with Gasteiger partial charge in [-0.2, -0.15) is 0 Å². The maximum Gasteiger partial charge on any atom is 0.494 e. The summed E-state index contributed by atoms with van der Waals surface area (Å²) in [6.45, 7) is 11.8. The molecule has 1 aromatic rings.